The Bertz CT molecular complexity index is 756. The number of hydrogen-bond acceptors (Lipinski definition) is 6. The largest absolute Gasteiger partial charge is 0.356 e. The van der Waals surface area contributed by atoms with Crippen LogP contribution in [0.25, 0.3) is 0 Å². The number of nitrogens with zero attached hydrogens (tertiary/aromatic N) is 4. The Morgan fingerprint density at radius 3 is 2.59 bits per heavy atom. The number of hydrogen-bond donors (Lipinski definition) is 2. The summed E-state index contributed by atoms with van der Waals surface area (Å²) < 4.78 is 0. The molecule has 1 amide bonds. The molecule has 2 aromatic rings. The fourth-order valence-corrected chi connectivity index (χ4v) is 3.86. The van der Waals surface area contributed by atoms with E-state index < -0.39 is 0 Å². The van der Waals surface area contributed by atoms with Crippen LogP contribution in [0.3, 0.4) is 0 Å². The van der Waals surface area contributed by atoms with Crippen molar-refractivity contribution in [3.63, 3.8) is 0 Å². The van der Waals surface area contributed by atoms with Crippen LogP contribution in [0.5, 0.6) is 0 Å². The van der Waals surface area contributed by atoms with E-state index in [0.717, 1.165) is 50.8 Å². The van der Waals surface area contributed by atoms with Crippen molar-refractivity contribution in [2.24, 2.45) is 11.8 Å². The van der Waals surface area contributed by atoms with E-state index in [9.17, 15) is 4.79 Å². The number of carbonyl (C=O) groups is 1. The van der Waals surface area contributed by atoms with Gasteiger partial charge in [0.25, 0.3) is 0 Å². The fraction of sp³-hybridized carbons (Fsp3) is 0.550. The Morgan fingerprint density at radius 2 is 1.89 bits per heavy atom. The summed E-state index contributed by atoms with van der Waals surface area (Å²) in [7, 11) is 0. The summed E-state index contributed by atoms with van der Waals surface area (Å²) in [6.07, 6.45) is 14.5. The lowest BCUT2D eigenvalue weighted by atomic mass is 9.80. The number of amides is 1. The van der Waals surface area contributed by atoms with Gasteiger partial charge in [-0.3, -0.25) is 9.78 Å². The van der Waals surface area contributed by atoms with E-state index in [-0.39, 0.29) is 11.8 Å². The van der Waals surface area contributed by atoms with E-state index in [2.05, 4.69) is 30.6 Å². The first kappa shape index (κ1) is 17.8. The Morgan fingerprint density at radius 1 is 1.04 bits per heavy atom. The predicted octanol–water partition coefficient (Wildman–Crippen LogP) is 3.20. The Balaban J connectivity index is 1.27. The van der Waals surface area contributed by atoms with Gasteiger partial charge in [0.1, 0.15) is 0 Å². The van der Waals surface area contributed by atoms with E-state index in [1.807, 2.05) is 6.07 Å². The van der Waals surface area contributed by atoms with Crippen molar-refractivity contribution in [3.8, 4) is 0 Å². The van der Waals surface area contributed by atoms with Crippen LogP contribution in [-0.4, -0.2) is 32.4 Å². The van der Waals surface area contributed by atoms with Gasteiger partial charge in [-0.2, -0.15) is 0 Å². The third-order valence-corrected chi connectivity index (χ3v) is 5.79. The molecule has 2 saturated carbocycles. The summed E-state index contributed by atoms with van der Waals surface area (Å²) in [5.74, 6) is 2.78. The number of anilines is 2. The van der Waals surface area contributed by atoms with Crippen LogP contribution < -0.4 is 10.6 Å². The average Bonchev–Trinajstić information content (AvgIpc) is 2.66. The molecule has 7 heteroatoms. The van der Waals surface area contributed by atoms with E-state index in [0.29, 0.717) is 23.6 Å². The van der Waals surface area contributed by atoms with Crippen LogP contribution in [0.2, 0.25) is 0 Å². The fourth-order valence-electron chi connectivity index (χ4n) is 3.86. The number of aromatic nitrogens is 4. The molecule has 2 aromatic heterocycles. The zero-order valence-corrected chi connectivity index (χ0v) is 15.5. The van der Waals surface area contributed by atoms with E-state index in [1.165, 1.54) is 6.42 Å². The second kappa shape index (κ2) is 8.41. The van der Waals surface area contributed by atoms with Gasteiger partial charge >= 0.3 is 0 Å². The molecule has 7 nitrogen and oxygen atoms in total. The van der Waals surface area contributed by atoms with Gasteiger partial charge in [0.15, 0.2) is 5.82 Å². The first-order valence-electron chi connectivity index (χ1n) is 9.91. The maximum Gasteiger partial charge on any atom is 0.228 e. The van der Waals surface area contributed by atoms with Crippen LogP contribution in [0, 0.1) is 11.8 Å². The average molecular weight is 366 g/mol. The highest BCUT2D eigenvalue weighted by atomic mass is 16.1. The molecule has 0 aliphatic heterocycles. The summed E-state index contributed by atoms with van der Waals surface area (Å²) in [5, 5.41) is 6.26. The van der Waals surface area contributed by atoms with Gasteiger partial charge < -0.3 is 10.6 Å². The van der Waals surface area contributed by atoms with Gasteiger partial charge in [0, 0.05) is 42.7 Å². The highest BCUT2D eigenvalue weighted by molar-refractivity contribution is 5.79. The lowest BCUT2D eigenvalue weighted by molar-refractivity contribution is -0.127. The highest BCUT2D eigenvalue weighted by Gasteiger charge is 2.27. The van der Waals surface area contributed by atoms with E-state index in [4.69, 9.17) is 0 Å². The molecule has 0 atom stereocenters. The smallest absolute Gasteiger partial charge is 0.228 e. The number of rotatable bonds is 6. The van der Waals surface area contributed by atoms with Gasteiger partial charge in [0.05, 0.1) is 6.20 Å². The predicted molar refractivity (Wildman–Crippen MR) is 102 cm³/mol. The van der Waals surface area contributed by atoms with Crippen molar-refractivity contribution in [1.29, 1.82) is 0 Å². The Kier molecular flexibility index (Phi) is 5.55. The van der Waals surface area contributed by atoms with Crippen LogP contribution in [-0.2, 0) is 4.79 Å². The first-order chi connectivity index (χ1) is 13.3. The Hall–Kier alpha value is -2.57. The molecule has 0 bridgehead atoms. The highest BCUT2D eigenvalue weighted by Crippen LogP contribution is 2.35. The summed E-state index contributed by atoms with van der Waals surface area (Å²) >= 11 is 0. The van der Waals surface area contributed by atoms with Crippen LogP contribution in [0.4, 0.5) is 11.8 Å². The summed E-state index contributed by atoms with van der Waals surface area (Å²) in [6.45, 7) is 0.825. The van der Waals surface area contributed by atoms with Crippen molar-refractivity contribution in [2.75, 3.05) is 11.9 Å². The van der Waals surface area contributed by atoms with Gasteiger partial charge in [-0.15, -0.1) is 0 Å². The van der Waals surface area contributed by atoms with Crippen molar-refractivity contribution in [1.82, 2.24) is 25.3 Å². The normalized spacial score (nSPS) is 22.7. The molecule has 0 saturated heterocycles. The van der Waals surface area contributed by atoms with Crippen LogP contribution >= 0.6 is 0 Å². The van der Waals surface area contributed by atoms with Crippen molar-refractivity contribution in [2.45, 2.75) is 50.9 Å². The summed E-state index contributed by atoms with van der Waals surface area (Å²) in [5.41, 5.74) is 1.08. The minimum atomic E-state index is 0.263. The molecule has 0 radical (unpaired) electrons. The molecule has 2 aliphatic carbocycles. The van der Waals surface area contributed by atoms with E-state index >= 15 is 0 Å². The maximum atomic E-state index is 12.0. The van der Waals surface area contributed by atoms with Crippen molar-refractivity contribution >= 4 is 17.7 Å². The van der Waals surface area contributed by atoms with Crippen LogP contribution in [0.15, 0.2) is 30.9 Å². The van der Waals surface area contributed by atoms with Crippen molar-refractivity contribution in [3.05, 3.63) is 36.5 Å². The molecular formula is C20H26N6O. The van der Waals surface area contributed by atoms with Gasteiger partial charge in [-0.25, -0.2) is 15.0 Å². The minimum absolute atomic E-state index is 0.263. The minimum Gasteiger partial charge on any atom is -0.356 e. The lowest BCUT2D eigenvalue weighted by Crippen LogP contribution is -2.37. The van der Waals surface area contributed by atoms with Crippen LogP contribution in [0.1, 0.15) is 56.6 Å². The summed E-state index contributed by atoms with van der Waals surface area (Å²) in [6, 6.07) is 2.01. The topological polar surface area (TPSA) is 92.7 Å². The number of carbonyl (C=O) groups excluding carboxylic acids is 1. The molecule has 2 N–H and O–H groups in total. The van der Waals surface area contributed by atoms with Crippen molar-refractivity contribution < 1.29 is 4.79 Å². The molecule has 2 fully saturated rings. The lowest BCUT2D eigenvalue weighted by Gasteiger charge is -2.30. The van der Waals surface area contributed by atoms with Gasteiger partial charge in [-0.1, -0.05) is 6.42 Å². The molecule has 2 aliphatic rings. The zero-order chi connectivity index (χ0) is 18.5. The number of nitrogens with one attached hydrogen (secondary N) is 2. The molecule has 0 aromatic carbocycles. The second-order valence-corrected chi connectivity index (χ2v) is 7.61. The maximum absolute atomic E-state index is 12.0. The zero-order valence-electron chi connectivity index (χ0n) is 15.5. The standard InChI is InChI=1S/C20H26N6O/c27-19(16-2-1-3-16)24-12-14-4-6-15(7-5-14)17-8-9-23-20(25-17)26-18-13-21-10-11-22-18/h8-11,13-16H,1-7,12H2,(H,24,27)(H,22,23,25,26). The molecule has 27 heavy (non-hydrogen) atoms. The Labute approximate surface area is 159 Å². The molecular weight excluding hydrogens is 340 g/mol. The first-order valence-corrected chi connectivity index (χ1v) is 9.91. The third-order valence-electron chi connectivity index (χ3n) is 5.79. The molecule has 2 heterocycles. The molecule has 0 spiro atoms. The SMILES string of the molecule is O=C(NCC1CCC(c2ccnc(Nc3cnccn3)n2)CC1)C1CCC1. The second-order valence-electron chi connectivity index (χ2n) is 7.61. The summed E-state index contributed by atoms with van der Waals surface area (Å²) in [4.78, 5) is 29.2. The van der Waals surface area contributed by atoms with Gasteiger partial charge in [0.2, 0.25) is 11.9 Å². The third kappa shape index (κ3) is 4.59. The quantitative estimate of drug-likeness (QED) is 0.815. The van der Waals surface area contributed by atoms with E-state index in [1.54, 1.807) is 24.8 Å². The monoisotopic (exact) mass is 366 g/mol. The molecule has 4 rings (SSSR count). The molecule has 0 unspecified atom stereocenters. The van der Waals surface area contributed by atoms with Gasteiger partial charge in [-0.05, 0) is 50.5 Å². The molecule has 142 valence electrons.